The molecule has 0 unspecified atom stereocenters. The fourth-order valence-corrected chi connectivity index (χ4v) is 4.73. The summed E-state index contributed by atoms with van der Waals surface area (Å²) >= 11 is 0. The smallest absolute Gasteiger partial charge is 0.161 e. The first-order valence-corrected chi connectivity index (χ1v) is 10.4. The molecule has 0 atom stereocenters. The van der Waals surface area contributed by atoms with Gasteiger partial charge in [-0.3, -0.25) is 0 Å². The number of rotatable bonds is 3. The standard InChI is InChI=1S/C25H31NO3/c1-16-11-18-20-14-25(29-5)24(28-4)13-19(20)17-9-7-6-8-10-26(2)15-22(17)21(18)12-23(16)27-3/h11-14H,6-10,15H2,1-5H3. The van der Waals surface area contributed by atoms with Crippen LogP contribution in [0.25, 0.3) is 21.5 Å². The molecule has 0 bridgehead atoms. The van der Waals surface area contributed by atoms with Crippen LogP contribution < -0.4 is 14.2 Å². The molecular weight excluding hydrogens is 362 g/mol. The van der Waals surface area contributed by atoms with Gasteiger partial charge in [-0.05, 0) is 102 Å². The Hall–Kier alpha value is -2.46. The summed E-state index contributed by atoms with van der Waals surface area (Å²) in [6.07, 6.45) is 4.80. The Morgan fingerprint density at radius 2 is 1.28 bits per heavy atom. The van der Waals surface area contributed by atoms with Gasteiger partial charge in [-0.15, -0.1) is 0 Å². The highest BCUT2D eigenvalue weighted by Gasteiger charge is 2.20. The van der Waals surface area contributed by atoms with Crippen molar-refractivity contribution in [1.29, 1.82) is 0 Å². The topological polar surface area (TPSA) is 30.9 Å². The van der Waals surface area contributed by atoms with E-state index in [-0.39, 0.29) is 0 Å². The average molecular weight is 394 g/mol. The van der Waals surface area contributed by atoms with Crippen molar-refractivity contribution < 1.29 is 14.2 Å². The van der Waals surface area contributed by atoms with Crippen molar-refractivity contribution in [1.82, 2.24) is 4.90 Å². The van der Waals surface area contributed by atoms with Gasteiger partial charge in [0.15, 0.2) is 11.5 Å². The first-order valence-electron chi connectivity index (χ1n) is 10.4. The summed E-state index contributed by atoms with van der Waals surface area (Å²) in [6.45, 7) is 4.19. The zero-order chi connectivity index (χ0) is 20.5. The predicted octanol–water partition coefficient (Wildman–Crippen LogP) is 5.49. The lowest BCUT2D eigenvalue weighted by Gasteiger charge is -2.23. The summed E-state index contributed by atoms with van der Waals surface area (Å²) in [5, 5.41) is 5.05. The van der Waals surface area contributed by atoms with Crippen molar-refractivity contribution in [3.8, 4) is 17.2 Å². The van der Waals surface area contributed by atoms with Crippen molar-refractivity contribution in [2.75, 3.05) is 34.9 Å². The first kappa shape index (κ1) is 19.8. The molecule has 0 aromatic heterocycles. The van der Waals surface area contributed by atoms with Crippen LogP contribution in [0.1, 0.15) is 36.0 Å². The molecule has 1 aliphatic rings. The molecule has 4 heteroatoms. The quantitative estimate of drug-likeness (QED) is 0.551. The van der Waals surface area contributed by atoms with E-state index < -0.39 is 0 Å². The molecule has 0 N–H and O–H groups in total. The molecule has 0 fully saturated rings. The first-order chi connectivity index (χ1) is 14.1. The second-order valence-electron chi connectivity index (χ2n) is 8.13. The second kappa shape index (κ2) is 8.11. The normalized spacial score (nSPS) is 15.5. The molecule has 4 nitrogen and oxygen atoms in total. The minimum absolute atomic E-state index is 0.773. The van der Waals surface area contributed by atoms with E-state index in [1.165, 1.54) is 51.9 Å². The van der Waals surface area contributed by atoms with Crippen molar-refractivity contribution in [3.63, 3.8) is 0 Å². The number of hydrogen-bond acceptors (Lipinski definition) is 4. The fourth-order valence-electron chi connectivity index (χ4n) is 4.73. The van der Waals surface area contributed by atoms with E-state index in [0.29, 0.717) is 0 Å². The van der Waals surface area contributed by atoms with Gasteiger partial charge in [0, 0.05) is 6.54 Å². The van der Waals surface area contributed by atoms with E-state index in [0.717, 1.165) is 42.3 Å². The van der Waals surface area contributed by atoms with E-state index in [1.54, 1.807) is 21.3 Å². The van der Waals surface area contributed by atoms with Crippen LogP contribution in [-0.4, -0.2) is 39.8 Å². The van der Waals surface area contributed by atoms with Gasteiger partial charge in [0.1, 0.15) is 5.75 Å². The van der Waals surface area contributed by atoms with E-state index in [4.69, 9.17) is 14.2 Å². The summed E-state index contributed by atoms with van der Waals surface area (Å²) in [6, 6.07) is 8.80. The van der Waals surface area contributed by atoms with Crippen LogP contribution in [0.15, 0.2) is 24.3 Å². The number of nitrogens with zero attached hydrogens (tertiary/aromatic N) is 1. The maximum atomic E-state index is 5.69. The molecule has 0 radical (unpaired) electrons. The highest BCUT2D eigenvalue weighted by molar-refractivity contribution is 6.12. The van der Waals surface area contributed by atoms with Gasteiger partial charge in [-0.25, -0.2) is 0 Å². The average Bonchev–Trinajstić information content (AvgIpc) is 2.82. The predicted molar refractivity (Wildman–Crippen MR) is 120 cm³/mol. The van der Waals surface area contributed by atoms with Gasteiger partial charge in [-0.1, -0.05) is 6.42 Å². The Morgan fingerprint density at radius 3 is 1.97 bits per heavy atom. The van der Waals surface area contributed by atoms with Crippen LogP contribution in [0.4, 0.5) is 0 Å². The Bertz CT molecular complexity index is 1060. The van der Waals surface area contributed by atoms with Gasteiger partial charge in [0.25, 0.3) is 0 Å². The van der Waals surface area contributed by atoms with Gasteiger partial charge in [0.2, 0.25) is 0 Å². The lowest BCUT2D eigenvalue weighted by atomic mass is 9.88. The summed E-state index contributed by atoms with van der Waals surface area (Å²) in [5.74, 6) is 2.51. The second-order valence-corrected chi connectivity index (χ2v) is 8.13. The molecule has 29 heavy (non-hydrogen) atoms. The van der Waals surface area contributed by atoms with Crippen LogP contribution in [0.3, 0.4) is 0 Å². The fraction of sp³-hybridized carbons (Fsp3) is 0.440. The molecule has 3 aromatic carbocycles. The number of ether oxygens (including phenoxy) is 3. The Balaban J connectivity index is 2.15. The van der Waals surface area contributed by atoms with Crippen LogP contribution in [0.5, 0.6) is 17.2 Å². The number of fused-ring (bicyclic) bond motifs is 6. The monoisotopic (exact) mass is 393 g/mol. The molecule has 3 aromatic rings. The SMILES string of the molecule is COc1cc2c3c(c4cc(OC)c(OC)cc4c2cc1C)CCCCCN(C)C3. The summed E-state index contributed by atoms with van der Waals surface area (Å²) in [5.41, 5.74) is 4.00. The highest BCUT2D eigenvalue weighted by Crippen LogP contribution is 2.42. The zero-order valence-electron chi connectivity index (χ0n) is 18.2. The molecule has 0 saturated carbocycles. The van der Waals surface area contributed by atoms with Crippen molar-refractivity contribution >= 4 is 21.5 Å². The molecule has 0 aliphatic carbocycles. The lowest BCUT2D eigenvalue weighted by Crippen LogP contribution is -2.19. The minimum Gasteiger partial charge on any atom is -0.496 e. The van der Waals surface area contributed by atoms with E-state index in [9.17, 15) is 0 Å². The number of benzene rings is 3. The molecule has 0 spiro atoms. The molecule has 154 valence electrons. The largest absolute Gasteiger partial charge is 0.496 e. The number of hydrogen-bond donors (Lipinski definition) is 0. The molecular formula is C25H31NO3. The number of methoxy groups -OCH3 is 3. The summed E-state index contributed by atoms with van der Waals surface area (Å²) in [4.78, 5) is 2.45. The Labute approximate surface area is 173 Å². The minimum atomic E-state index is 0.773. The maximum absolute atomic E-state index is 5.69. The van der Waals surface area contributed by atoms with E-state index in [2.05, 4.69) is 43.1 Å². The maximum Gasteiger partial charge on any atom is 0.161 e. The summed E-state index contributed by atoms with van der Waals surface area (Å²) in [7, 11) is 7.39. The van der Waals surface area contributed by atoms with Crippen molar-refractivity contribution in [3.05, 3.63) is 41.0 Å². The molecule has 0 amide bonds. The third-order valence-electron chi connectivity index (χ3n) is 6.26. The molecule has 0 saturated heterocycles. The zero-order valence-corrected chi connectivity index (χ0v) is 18.2. The van der Waals surface area contributed by atoms with Crippen molar-refractivity contribution in [2.45, 2.75) is 39.2 Å². The Morgan fingerprint density at radius 1 is 0.690 bits per heavy atom. The third kappa shape index (κ3) is 3.51. The van der Waals surface area contributed by atoms with Gasteiger partial charge >= 0.3 is 0 Å². The van der Waals surface area contributed by atoms with E-state index in [1.807, 2.05) is 0 Å². The van der Waals surface area contributed by atoms with Gasteiger partial charge in [-0.2, -0.15) is 0 Å². The molecule has 4 rings (SSSR count). The molecule has 1 heterocycles. The van der Waals surface area contributed by atoms with Crippen LogP contribution >= 0.6 is 0 Å². The van der Waals surface area contributed by atoms with Crippen molar-refractivity contribution in [2.24, 2.45) is 0 Å². The lowest BCUT2D eigenvalue weighted by molar-refractivity contribution is 0.321. The summed E-state index contributed by atoms with van der Waals surface area (Å²) < 4.78 is 17.0. The van der Waals surface area contributed by atoms with Gasteiger partial charge < -0.3 is 19.1 Å². The van der Waals surface area contributed by atoms with Gasteiger partial charge in [0.05, 0.1) is 21.3 Å². The third-order valence-corrected chi connectivity index (χ3v) is 6.26. The number of aryl methyl sites for hydroxylation is 2. The Kier molecular flexibility index (Phi) is 5.55. The molecule has 1 aliphatic heterocycles. The highest BCUT2D eigenvalue weighted by atomic mass is 16.5. The van der Waals surface area contributed by atoms with Crippen LogP contribution in [0.2, 0.25) is 0 Å². The van der Waals surface area contributed by atoms with Crippen LogP contribution in [-0.2, 0) is 13.0 Å². The van der Waals surface area contributed by atoms with Crippen LogP contribution in [0, 0.1) is 6.92 Å². The van der Waals surface area contributed by atoms with E-state index >= 15 is 0 Å².